The summed E-state index contributed by atoms with van der Waals surface area (Å²) in [5.41, 5.74) is 9.36. The maximum atomic E-state index is 12.0. The van der Waals surface area contributed by atoms with E-state index in [2.05, 4.69) is 12.1 Å². The molecule has 2 heterocycles. The Morgan fingerprint density at radius 2 is 1.85 bits per heavy atom. The lowest BCUT2D eigenvalue weighted by molar-refractivity contribution is -0.124. The summed E-state index contributed by atoms with van der Waals surface area (Å²) in [6.07, 6.45) is 0.607. The van der Waals surface area contributed by atoms with Crippen LogP contribution in [0.2, 0.25) is 0 Å². The standard InChI is InChI=1S/C22H19N3O2/c23-12-16-6-3-4-8-19(16)21-10-9-18(27-21)14-25-13-17-7-2-1-5-15(17)11-20(25)22(24)26/h1-10,20H,11,13-14H2,(H2,24,26). The number of carbonyl (C=O) groups is 1. The molecular formula is C22H19N3O2. The molecule has 1 aliphatic heterocycles. The number of primary amides is 1. The number of hydrogen-bond donors (Lipinski definition) is 1. The first-order chi connectivity index (χ1) is 13.2. The van der Waals surface area contributed by atoms with Gasteiger partial charge >= 0.3 is 0 Å². The van der Waals surface area contributed by atoms with E-state index in [9.17, 15) is 10.1 Å². The van der Waals surface area contributed by atoms with Gasteiger partial charge in [0.15, 0.2) is 0 Å². The molecule has 4 rings (SSSR count). The van der Waals surface area contributed by atoms with Gasteiger partial charge in [-0.05, 0) is 41.8 Å². The first kappa shape index (κ1) is 17.1. The molecule has 1 unspecified atom stereocenters. The first-order valence-electron chi connectivity index (χ1n) is 8.84. The third kappa shape index (κ3) is 3.35. The molecule has 2 aromatic carbocycles. The van der Waals surface area contributed by atoms with E-state index in [-0.39, 0.29) is 11.9 Å². The Morgan fingerprint density at radius 1 is 1.11 bits per heavy atom. The lowest BCUT2D eigenvalue weighted by Gasteiger charge is -2.34. The molecular weight excluding hydrogens is 338 g/mol. The van der Waals surface area contributed by atoms with Crippen molar-refractivity contribution in [2.75, 3.05) is 0 Å². The molecule has 0 fully saturated rings. The van der Waals surface area contributed by atoms with Gasteiger partial charge in [0, 0.05) is 12.1 Å². The van der Waals surface area contributed by atoms with Crippen molar-refractivity contribution in [1.29, 1.82) is 5.26 Å². The Bertz CT molecular complexity index is 1030. The van der Waals surface area contributed by atoms with E-state index in [4.69, 9.17) is 10.2 Å². The van der Waals surface area contributed by atoms with Crippen LogP contribution in [0.25, 0.3) is 11.3 Å². The predicted molar refractivity (Wildman–Crippen MR) is 101 cm³/mol. The zero-order valence-corrected chi connectivity index (χ0v) is 14.8. The van der Waals surface area contributed by atoms with Crippen molar-refractivity contribution >= 4 is 5.91 Å². The summed E-state index contributed by atoms with van der Waals surface area (Å²) in [4.78, 5) is 14.0. The molecule has 1 aromatic heterocycles. The highest BCUT2D eigenvalue weighted by molar-refractivity contribution is 5.80. The average Bonchev–Trinajstić information content (AvgIpc) is 3.15. The molecule has 0 spiro atoms. The van der Waals surface area contributed by atoms with E-state index in [1.54, 1.807) is 6.07 Å². The van der Waals surface area contributed by atoms with Crippen molar-refractivity contribution < 1.29 is 9.21 Å². The molecule has 5 nitrogen and oxygen atoms in total. The van der Waals surface area contributed by atoms with Crippen LogP contribution in [0.3, 0.4) is 0 Å². The third-order valence-electron chi connectivity index (χ3n) is 5.01. The molecule has 134 valence electrons. The molecule has 0 saturated carbocycles. The number of rotatable bonds is 4. The van der Waals surface area contributed by atoms with E-state index in [1.807, 2.05) is 53.4 Å². The predicted octanol–water partition coefficient (Wildman–Crippen LogP) is 3.23. The summed E-state index contributed by atoms with van der Waals surface area (Å²) >= 11 is 0. The number of benzene rings is 2. The van der Waals surface area contributed by atoms with Crippen molar-refractivity contribution in [2.24, 2.45) is 5.73 Å². The monoisotopic (exact) mass is 357 g/mol. The Kier molecular flexibility index (Phi) is 4.49. The number of furan rings is 1. The van der Waals surface area contributed by atoms with Crippen LogP contribution >= 0.6 is 0 Å². The van der Waals surface area contributed by atoms with Crippen molar-refractivity contribution in [2.45, 2.75) is 25.6 Å². The molecule has 3 aromatic rings. The van der Waals surface area contributed by atoms with Crippen LogP contribution in [0, 0.1) is 11.3 Å². The quantitative estimate of drug-likeness (QED) is 0.777. The van der Waals surface area contributed by atoms with Crippen LogP contribution in [-0.2, 0) is 24.3 Å². The molecule has 1 amide bonds. The van der Waals surface area contributed by atoms with Crippen LogP contribution in [0.15, 0.2) is 65.1 Å². The molecule has 27 heavy (non-hydrogen) atoms. The van der Waals surface area contributed by atoms with Crippen LogP contribution in [-0.4, -0.2) is 16.8 Å². The van der Waals surface area contributed by atoms with Crippen molar-refractivity contribution in [3.05, 3.63) is 83.1 Å². The fraction of sp³-hybridized carbons (Fsp3) is 0.182. The lowest BCUT2D eigenvalue weighted by Crippen LogP contribution is -2.47. The van der Waals surface area contributed by atoms with E-state index in [0.29, 0.717) is 30.8 Å². The van der Waals surface area contributed by atoms with Gasteiger partial charge in [0.2, 0.25) is 5.91 Å². The minimum atomic E-state index is -0.361. The Labute approximate surface area is 157 Å². The number of fused-ring (bicyclic) bond motifs is 1. The van der Waals surface area contributed by atoms with Gasteiger partial charge in [0.25, 0.3) is 0 Å². The van der Waals surface area contributed by atoms with Crippen molar-refractivity contribution in [3.63, 3.8) is 0 Å². The Balaban J connectivity index is 1.60. The molecule has 2 N–H and O–H groups in total. The summed E-state index contributed by atoms with van der Waals surface area (Å²) < 4.78 is 5.99. The Hall–Kier alpha value is -3.36. The second-order valence-electron chi connectivity index (χ2n) is 6.72. The van der Waals surface area contributed by atoms with Gasteiger partial charge < -0.3 is 10.2 Å². The van der Waals surface area contributed by atoms with Crippen molar-refractivity contribution in [1.82, 2.24) is 4.90 Å². The fourth-order valence-electron chi connectivity index (χ4n) is 3.63. The number of amides is 1. The second-order valence-corrected chi connectivity index (χ2v) is 6.72. The van der Waals surface area contributed by atoms with Gasteiger partial charge in [0.1, 0.15) is 11.5 Å². The second kappa shape index (κ2) is 7.10. The van der Waals surface area contributed by atoms with Gasteiger partial charge in [-0.3, -0.25) is 9.69 Å². The zero-order valence-electron chi connectivity index (χ0n) is 14.8. The summed E-state index contributed by atoms with van der Waals surface area (Å²) in [7, 11) is 0. The number of nitrogens with zero attached hydrogens (tertiary/aromatic N) is 2. The Morgan fingerprint density at radius 3 is 2.63 bits per heavy atom. The smallest absolute Gasteiger partial charge is 0.235 e. The van der Waals surface area contributed by atoms with E-state index >= 15 is 0 Å². The van der Waals surface area contributed by atoms with Gasteiger partial charge in [-0.15, -0.1) is 0 Å². The first-order valence-corrected chi connectivity index (χ1v) is 8.84. The minimum absolute atomic E-state index is 0.328. The van der Waals surface area contributed by atoms with Gasteiger partial charge in [-0.25, -0.2) is 0 Å². The largest absolute Gasteiger partial charge is 0.460 e. The van der Waals surface area contributed by atoms with Crippen molar-refractivity contribution in [3.8, 4) is 17.4 Å². The van der Waals surface area contributed by atoms with E-state index in [0.717, 1.165) is 11.3 Å². The van der Waals surface area contributed by atoms with Crippen LogP contribution in [0.4, 0.5) is 0 Å². The molecule has 0 aliphatic carbocycles. The molecule has 5 heteroatoms. The SMILES string of the molecule is N#Cc1ccccc1-c1ccc(CN2Cc3ccccc3CC2C(N)=O)o1. The highest BCUT2D eigenvalue weighted by Crippen LogP contribution is 2.29. The number of hydrogen-bond acceptors (Lipinski definition) is 4. The number of nitriles is 1. The topological polar surface area (TPSA) is 83.3 Å². The fourth-order valence-corrected chi connectivity index (χ4v) is 3.63. The van der Waals surface area contributed by atoms with Gasteiger partial charge in [-0.2, -0.15) is 5.26 Å². The normalized spacial score (nSPS) is 16.5. The number of carbonyl (C=O) groups excluding carboxylic acids is 1. The molecule has 0 saturated heterocycles. The van der Waals surface area contributed by atoms with Crippen LogP contribution in [0.1, 0.15) is 22.5 Å². The number of nitrogens with two attached hydrogens (primary N) is 1. The molecule has 0 bridgehead atoms. The summed E-state index contributed by atoms with van der Waals surface area (Å²) in [5, 5.41) is 9.29. The highest BCUT2D eigenvalue weighted by Gasteiger charge is 2.30. The summed E-state index contributed by atoms with van der Waals surface area (Å²) in [5.74, 6) is 1.06. The van der Waals surface area contributed by atoms with E-state index in [1.165, 1.54) is 11.1 Å². The van der Waals surface area contributed by atoms with Crippen LogP contribution < -0.4 is 5.73 Å². The highest BCUT2D eigenvalue weighted by atomic mass is 16.3. The van der Waals surface area contributed by atoms with Crippen LogP contribution in [0.5, 0.6) is 0 Å². The summed E-state index contributed by atoms with van der Waals surface area (Å²) in [6, 6.07) is 21.0. The molecule has 1 aliphatic rings. The third-order valence-corrected chi connectivity index (χ3v) is 5.01. The van der Waals surface area contributed by atoms with E-state index < -0.39 is 0 Å². The molecule has 0 radical (unpaired) electrons. The summed E-state index contributed by atoms with van der Waals surface area (Å²) in [6.45, 7) is 1.13. The lowest BCUT2D eigenvalue weighted by atomic mass is 9.93. The van der Waals surface area contributed by atoms with Gasteiger partial charge in [0.05, 0.1) is 24.2 Å². The minimum Gasteiger partial charge on any atom is -0.460 e. The average molecular weight is 357 g/mol. The maximum absolute atomic E-state index is 12.0. The zero-order chi connectivity index (χ0) is 18.8. The molecule has 1 atom stereocenters. The maximum Gasteiger partial charge on any atom is 0.235 e. The van der Waals surface area contributed by atoms with Gasteiger partial charge in [-0.1, -0.05) is 36.4 Å².